The summed E-state index contributed by atoms with van der Waals surface area (Å²) in [6.07, 6.45) is 8.09. The lowest BCUT2D eigenvalue weighted by molar-refractivity contribution is -0.188. The molecule has 2 aromatic rings. The van der Waals surface area contributed by atoms with Crippen LogP contribution in [-0.4, -0.2) is 79.7 Å². The van der Waals surface area contributed by atoms with Gasteiger partial charge >= 0.3 is 0 Å². The number of carbonyl (C=O) groups is 1. The molecule has 1 heterocycles. The summed E-state index contributed by atoms with van der Waals surface area (Å²) in [5.41, 5.74) is 0.266. The molecule has 41 heavy (non-hydrogen) atoms. The summed E-state index contributed by atoms with van der Waals surface area (Å²) in [6.45, 7) is 0.768. The van der Waals surface area contributed by atoms with Crippen molar-refractivity contribution in [2.75, 3.05) is 33.4 Å². The molecule has 0 aromatic heterocycles. The fraction of sp³-hybridized carbons (Fsp3) is 0.594. The minimum Gasteiger partial charge on any atom is -0.497 e. The zero-order valence-corrected chi connectivity index (χ0v) is 24.9. The molecule has 1 spiro atoms. The molecule has 2 aliphatic carbocycles. The van der Waals surface area contributed by atoms with Crippen molar-refractivity contribution >= 4 is 15.9 Å². The van der Waals surface area contributed by atoms with Crippen LogP contribution >= 0.6 is 0 Å². The Kier molecular flexibility index (Phi) is 9.69. The first-order chi connectivity index (χ1) is 19.8. The van der Waals surface area contributed by atoms with E-state index in [0.717, 1.165) is 50.5 Å². The molecule has 3 aliphatic rings. The molecule has 1 saturated heterocycles. The summed E-state index contributed by atoms with van der Waals surface area (Å²) < 4.78 is 40.6. The number of rotatable bonds is 11. The fourth-order valence-electron chi connectivity index (χ4n) is 6.77. The fourth-order valence-corrected chi connectivity index (χ4v) is 8.33. The average Bonchev–Trinajstić information content (AvgIpc) is 3.51. The van der Waals surface area contributed by atoms with E-state index in [1.165, 1.54) is 4.31 Å². The molecule has 1 amide bonds. The number of nitrogens with zero attached hydrogens (tertiary/aromatic N) is 2. The first-order valence-corrected chi connectivity index (χ1v) is 16.6. The number of β-amino-alcohol motifs (C(OH)–C–C–N with tert-alkyl or cyclic N) is 1. The van der Waals surface area contributed by atoms with Gasteiger partial charge in [0.2, 0.25) is 10.0 Å². The lowest BCUT2D eigenvalue weighted by atomic mass is 9.81. The van der Waals surface area contributed by atoms with Gasteiger partial charge in [0.25, 0.3) is 5.91 Å². The van der Waals surface area contributed by atoms with Crippen molar-refractivity contribution in [3.05, 3.63) is 60.2 Å². The third kappa shape index (κ3) is 6.96. The molecule has 1 N–H and O–H groups in total. The monoisotopic (exact) mass is 584 g/mol. The van der Waals surface area contributed by atoms with Gasteiger partial charge in [-0.2, -0.15) is 4.31 Å². The summed E-state index contributed by atoms with van der Waals surface area (Å²) in [4.78, 5) is 16.0. The Morgan fingerprint density at radius 1 is 1.02 bits per heavy atom. The zero-order chi connectivity index (χ0) is 28.9. The highest BCUT2D eigenvalue weighted by molar-refractivity contribution is 7.89. The van der Waals surface area contributed by atoms with Gasteiger partial charge in [0, 0.05) is 19.6 Å². The molecule has 3 fully saturated rings. The molecule has 2 atom stereocenters. The molecule has 0 radical (unpaired) electrons. The minimum atomic E-state index is -3.86. The van der Waals surface area contributed by atoms with Crippen LogP contribution in [0, 0.1) is 5.92 Å². The molecule has 8 nitrogen and oxygen atoms in total. The third-order valence-corrected chi connectivity index (χ3v) is 10.9. The molecule has 9 heteroatoms. The van der Waals surface area contributed by atoms with E-state index < -0.39 is 21.7 Å². The number of hydrogen-bond donors (Lipinski definition) is 1. The molecular weight excluding hydrogens is 540 g/mol. The van der Waals surface area contributed by atoms with Crippen molar-refractivity contribution in [2.24, 2.45) is 5.92 Å². The van der Waals surface area contributed by atoms with Gasteiger partial charge in [-0.05, 0) is 67.9 Å². The number of morpholine rings is 1. The van der Waals surface area contributed by atoms with Gasteiger partial charge in [0.15, 0.2) is 0 Å². The molecule has 2 saturated carbocycles. The number of hydrogen-bond acceptors (Lipinski definition) is 6. The van der Waals surface area contributed by atoms with Crippen LogP contribution in [-0.2, 0) is 26.0 Å². The van der Waals surface area contributed by atoms with Gasteiger partial charge in [0.1, 0.15) is 11.4 Å². The van der Waals surface area contributed by atoms with E-state index in [1.54, 1.807) is 36.3 Å². The summed E-state index contributed by atoms with van der Waals surface area (Å²) in [6, 6.07) is 16.2. The molecule has 0 bridgehead atoms. The van der Waals surface area contributed by atoms with Gasteiger partial charge in [-0.25, -0.2) is 8.42 Å². The summed E-state index contributed by atoms with van der Waals surface area (Å²) in [5, 5.41) is 11.5. The van der Waals surface area contributed by atoms with Crippen LogP contribution in [0.25, 0.3) is 0 Å². The van der Waals surface area contributed by atoms with Crippen molar-refractivity contribution in [1.82, 2.24) is 9.21 Å². The van der Waals surface area contributed by atoms with E-state index in [0.29, 0.717) is 38.2 Å². The van der Waals surface area contributed by atoms with Crippen LogP contribution in [0.5, 0.6) is 5.75 Å². The number of amides is 1. The van der Waals surface area contributed by atoms with Crippen molar-refractivity contribution in [3.63, 3.8) is 0 Å². The van der Waals surface area contributed by atoms with Crippen LogP contribution < -0.4 is 4.74 Å². The quantitative estimate of drug-likeness (QED) is 0.420. The largest absolute Gasteiger partial charge is 0.497 e. The normalized spacial score (nSPS) is 22.4. The van der Waals surface area contributed by atoms with Crippen LogP contribution in [0.4, 0.5) is 0 Å². The molecular formula is C32H44N2O6S. The smallest absolute Gasteiger partial charge is 0.255 e. The predicted octanol–water partition coefficient (Wildman–Crippen LogP) is 4.41. The lowest BCUT2D eigenvalue weighted by Gasteiger charge is -2.48. The highest BCUT2D eigenvalue weighted by Crippen LogP contribution is 2.37. The maximum Gasteiger partial charge on any atom is 0.255 e. The van der Waals surface area contributed by atoms with Gasteiger partial charge in [0.05, 0.1) is 30.8 Å². The van der Waals surface area contributed by atoms with E-state index in [-0.39, 0.29) is 35.9 Å². The SMILES string of the molecule is COc1ccc(S(=O)(=O)N(CC(O)CN2C(=O)C3(CCCCC3)OC[C@@H]2Cc2ccccc2)CC2CCCC2)cc1. The topological polar surface area (TPSA) is 96.4 Å². The highest BCUT2D eigenvalue weighted by Gasteiger charge is 2.49. The predicted molar refractivity (Wildman–Crippen MR) is 157 cm³/mol. The molecule has 224 valence electrons. The summed E-state index contributed by atoms with van der Waals surface area (Å²) in [7, 11) is -2.32. The summed E-state index contributed by atoms with van der Waals surface area (Å²) >= 11 is 0. The maximum absolute atomic E-state index is 14.0. The minimum absolute atomic E-state index is 0.0659. The van der Waals surface area contributed by atoms with Gasteiger partial charge in [-0.1, -0.05) is 62.4 Å². The molecule has 5 rings (SSSR count). The lowest BCUT2D eigenvalue weighted by Crippen LogP contribution is -2.63. The average molecular weight is 585 g/mol. The van der Waals surface area contributed by atoms with Crippen molar-refractivity contribution in [2.45, 2.75) is 86.9 Å². The number of aliphatic hydroxyl groups is 1. The first kappa shape index (κ1) is 30.0. The Morgan fingerprint density at radius 3 is 2.37 bits per heavy atom. The number of benzene rings is 2. The van der Waals surface area contributed by atoms with Crippen LogP contribution in [0.15, 0.2) is 59.5 Å². The molecule has 1 unspecified atom stereocenters. The second kappa shape index (κ2) is 13.2. The number of aliphatic hydroxyl groups excluding tert-OH is 1. The van der Waals surface area contributed by atoms with Crippen molar-refractivity contribution in [3.8, 4) is 5.75 Å². The second-order valence-corrected chi connectivity index (χ2v) is 13.9. The van der Waals surface area contributed by atoms with E-state index in [9.17, 15) is 18.3 Å². The molecule has 1 aliphatic heterocycles. The van der Waals surface area contributed by atoms with E-state index >= 15 is 0 Å². The second-order valence-electron chi connectivity index (χ2n) is 12.0. The van der Waals surface area contributed by atoms with E-state index in [4.69, 9.17) is 9.47 Å². The maximum atomic E-state index is 14.0. The van der Waals surface area contributed by atoms with Gasteiger partial charge in [-0.3, -0.25) is 4.79 Å². The van der Waals surface area contributed by atoms with Crippen molar-refractivity contribution < 1.29 is 27.8 Å². The number of sulfonamides is 1. The van der Waals surface area contributed by atoms with E-state index in [1.807, 2.05) is 30.3 Å². The van der Waals surface area contributed by atoms with Gasteiger partial charge in [-0.15, -0.1) is 0 Å². The van der Waals surface area contributed by atoms with Crippen LogP contribution in [0.2, 0.25) is 0 Å². The Morgan fingerprint density at radius 2 is 1.71 bits per heavy atom. The highest BCUT2D eigenvalue weighted by atomic mass is 32.2. The standard InChI is InChI=1S/C32H44N2O6S/c1-39-29-14-16-30(17-15-29)41(37,38)33(21-26-12-6-7-13-26)22-28(35)23-34-27(20-25-10-4-2-5-11-25)24-40-32(31(34)36)18-8-3-9-19-32/h2,4-5,10-11,14-17,26-28,35H,3,6-9,12-13,18-24H2,1H3/t27-,28?/m0/s1. The first-order valence-electron chi connectivity index (χ1n) is 15.1. The Balaban J connectivity index is 1.37. The zero-order valence-electron chi connectivity index (χ0n) is 24.1. The van der Waals surface area contributed by atoms with Crippen LogP contribution in [0.1, 0.15) is 63.4 Å². The number of ether oxygens (including phenoxy) is 2. The Hall–Kier alpha value is -2.46. The number of methoxy groups -OCH3 is 1. The third-order valence-electron chi connectivity index (χ3n) is 9.07. The van der Waals surface area contributed by atoms with E-state index in [2.05, 4.69) is 0 Å². The summed E-state index contributed by atoms with van der Waals surface area (Å²) in [5.74, 6) is 0.777. The van der Waals surface area contributed by atoms with Gasteiger partial charge < -0.3 is 19.5 Å². The molecule has 2 aromatic carbocycles. The van der Waals surface area contributed by atoms with Crippen molar-refractivity contribution in [1.29, 1.82) is 0 Å². The number of carbonyl (C=O) groups excluding carboxylic acids is 1. The Labute approximate surface area is 244 Å². The van der Waals surface area contributed by atoms with Crippen LogP contribution in [0.3, 0.4) is 0 Å². The Bertz CT molecular complexity index is 1240.